The van der Waals surface area contributed by atoms with Crippen molar-refractivity contribution >= 4 is 6.29 Å². The van der Waals surface area contributed by atoms with E-state index in [9.17, 15) is 4.79 Å². The van der Waals surface area contributed by atoms with Gasteiger partial charge in [-0.15, -0.1) is 0 Å². The molecule has 2 heteroatoms. The lowest BCUT2D eigenvalue weighted by molar-refractivity contribution is 0.112. The van der Waals surface area contributed by atoms with Gasteiger partial charge in [-0.2, -0.15) is 0 Å². The number of aldehydes is 1. The molecule has 0 aliphatic carbocycles. The van der Waals surface area contributed by atoms with Crippen molar-refractivity contribution in [3.8, 4) is 5.75 Å². The number of rotatable bonds is 4. The van der Waals surface area contributed by atoms with Gasteiger partial charge in [0.25, 0.3) is 0 Å². The topological polar surface area (TPSA) is 26.3 Å². The summed E-state index contributed by atoms with van der Waals surface area (Å²) in [5, 5.41) is 0. The molecule has 0 fully saturated rings. The first-order valence-electron chi connectivity index (χ1n) is 5.98. The van der Waals surface area contributed by atoms with E-state index in [1.807, 2.05) is 62.4 Å². The molecular weight excluding hydrogens is 224 g/mol. The summed E-state index contributed by atoms with van der Waals surface area (Å²) in [5.41, 5.74) is 2.87. The minimum Gasteiger partial charge on any atom is -0.486 e. The summed E-state index contributed by atoms with van der Waals surface area (Å²) in [6, 6.07) is 15.4. The van der Waals surface area contributed by atoms with Gasteiger partial charge in [-0.3, -0.25) is 4.79 Å². The second-order valence-corrected chi connectivity index (χ2v) is 4.31. The van der Waals surface area contributed by atoms with Crippen LogP contribution in [0.5, 0.6) is 5.75 Å². The second kappa shape index (κ2) is 5.50. The van der Waals surface area contributed by atoms with E-state index in [2.05, 4.69) is 0 Å². The third-order valence-corrected chi connectivity index (χ3v) is 2.92. The molecule has 2 nitrogen and oxygen atoms in total. The van der Waals surface area contributed by atoms with Gasteiger partial charge in [0.15, 0.2) is 0 Å². The zero-order valence-corrected chi connectivity index (χ0v) is 10.6. The minimum atomic E-state index is -0.0342. The van der Waals surface area contributed by atoms with Crippen LogP contribution in [0.2, 0.25) is 0 Å². The van der Waals surface area contributed by atoms with Gasteiger partial charge in [0.2, 0.25) is 0 Å². The van der Waals surface area contributed by atoms with Crippen molar-refractivity contribution in [2.24, 2.45) is 0 Å². The SMILES string of the molecule is Cc1cc(C=O)ccc1C(C)Oc1ccccc1. The lowest BCUT2D eigenvalue weighted by atomic mass is 10.0. The van der Waals surface area contributed by atoms with E-state index in [-0.39, 0.29) is 6.10 Å². The third-order valence-electron chi connectivity index (χ3n) is 2.92. The number of ether oxygens (including phenoxy) is 1. The number of carbonyl (C=O) groups excluding carboxylic acids is 1. The number of carbonyl (C=O) groups is 1. The lowest BCUT2D eigenvalue weighted by Crippen LogP contribution is -2.05. The molecule has 2 rings (SSSR count). The van der Waals surface area contributed by atoms with E-state index in [1.54, 1.807) is 0 Å². The fraction of sp³-hybridized carbons (Fsp3) is 0.188. The molecule has 0 aliphatic heterocycles. The van der Waals surface area contributed by atoms with Gasteiger partial charge in [-0.05, 0) is 43.2 Å². The molecule has 0 radical (unpaired) electrons. The molecule has 2 aromatic carbocycles. The predicted octanol–water partition coefficient (Wildman–Crippen LogP) is 3.95. The highest BCUT2D eigenvalue weighted by atomic mass is 16.5. The zero-order valence-electron chi connectivity index (χ0n) is 10.6. The molecule has 0 saturated carbocycles. The van der Waals surface area contributed by atoms with E-state index < -0.39 is 0 Å². The minimum absolute atomic E-state index is 0.0342. The monoisotopic (exact) mass is 240 g/mol. The number of hydrogen-bond acceptors (Lipinski definition) is 2. The standard InChI is InChI=1S/C16H16O2/c1-12-10-14(11-17)8-9-16(12)13(2)18-15-6-4-3-5-7-15/h3-11,13H,1-2H3. The van der Waals surface area contributed by atoms with Crippen LogP contribution in [-0.2, 0) is 0 Å². The summed E-state index contributed by atoms with van der Waals surface area (Å²) in [5.74, 6) is 0.851. The van der Waals surface area contributed by atoms with Crippen LogP contribution in [0, 0.1) is 6.92 Å². The van der Waals surface area contributed by atoms with E-state index in [0.29, 0.717) is 5.56 Å². The first kappa shape index (κ1) is 12.4. The summed E-state index contributed by atoms with van der Waals surface area (Å²) in [7, 11) is 0. The van der Waals surface area contributed by atoms with Gasteiger partial charge in [0, 0.05) is 5.56 Å². The zero-order chi connectivity index (χ0) is 13.0. The van der Waals surface area contributed by atoms with Gasteiger partial charge in [0.05, 0.1) is 0 Å². The van der Waals surface area contributed by atoms with E-state index in [0.717, 1.165) is 23.2 Å². The van der Waals surface area contributed by atoms with Gasteiger partial charge >= 0.3 is 0 Å². The Morgan fingerprint density at radius 3 is 2.44 bits per heavy atom. The highest BCUT2D eigenvalue weighted by Crippen LogP contribution is 2.24. The first-order valence-corrected chi connectivity index (χ1v) is 5.98. The number of benzene rings is 2. The predicted molar refractivity (Wildman–Crippen MR) is 72.1 cm³/mol. The van der Waals surface area contributed by atoms with Crippen molar-refractivity contribution in [1.82, 2.24) is 0 Å². The number of hydrogen-bond donors (Lipinski definition) is 0. The fourth-order valence-corrected chi connectivity index (χ4v) is 1.99. The van der Waals surface area contributed by atoms with Crippen molar-refractivity contribution < 1.29 is 9.53 Å². The van der Waals surface area contributed by atoms with E-state index >= 15 is 0 Å². The average Bonchev–Trinajstić information content (AvgIpc) is 2.39. The quantitative estimate of drug-likeness (QED) is 0.756. The molecule has 0 N–H and O–H groups in total. The van der Waals surface area contributed by atoms with Gasteiger partial charge < -0.3 is 4.74 Å². The Hall–Kier alpha value is -2.09. The van der Waals surface area contributed by atoms with Crippen LogP contribution in [0.3, 0.4) is 0 Å². The van der Waals surface area contributed by atoms with E-state index in [4.69, 9.17) is 4.74 Å². The van der Waals surface area contributed by atoms with Crippen molar-refractivity contribution in [3.63, 3.8) is 0 Å². The molecule has 1 atom stereocenters. The highest BCUT2D eigenvalue weighted by Gasteiger charge is 2.10. The summed E-state index contributed by atoms with van der Waals surface area (Å²) < 4.78 is 5.87. The Kier molecular flexibility index (Phi) is 3.78. The molecule has 0 aromatic heterocycles. The molecule has 92 valence electrons. The molecule has 0 heterocycles. The van der Waals surface area contributed by atoms with Crippen LogP contribution in [0.1, 0.15) is 34.5 Å². The van der Waals surface area contributed by atoms with Crippen LogP contribution in [-0.4, -0.2) is 6.29 Å². The number of para-hydroxylation sites is 1. The molecule has 0 spiro atoms. The fourth-order valence-electron chi connectivity index (χ4n) is 1.99. The average molecular weight is 240 g/mol. The molecule has 2 aromatic rings. The summed E-state index contributed by atoms with van der Waals surface area (Å²) in [6.45, 7) is 4.00. The third kappa shape index (κ3) is 2.77. The Labute approximate surface area is 107 Å². The van der Waals surface area contributed by atoms with Crippen molar-refractivity contribution in [2.75, 3.05) is 0 Å². The molecule has 0 saturated heterocycles. The van der Waals surface area contributed by atoms with Gasteiger partial charge in [-0.25, -0.2) is 0 Å². The normalized spacial score (nSPS) is 11.9. The van der Waals surface area contributed by atoms with Crippen molar-refractivity contribution in [1.29, 1.82) is 0 Å². The molecular formula is C16H16O2. The largest absolute Gasteiger partial charge is 0.486 e. The van der Waals surface area contributed by atoms with Crippen LogP contribution in [0.15, 0.2) is 48.5 Å². The van der Waals surface area contributed by atoms with Gasteiger partial charge in [0.1, 0.15) is 18.1 Å². The Balaban J connectivity index is 2.19. The Morgan fingerprint density at radius 2 is 1.83 bits per heavy atom. The smallest absolute Gasteiger partial charge is 0.150 e. The second-order valence-electron chi connectivity index (χ2n) is 4.31. The van der Waals surface area contributed by atoms with Crippen LogP contribution < -0.4 is 4.74 Å². The summed E-state index contributed by atoms with van der Waals surface area (Å²) in [6.07, 6.45) is 0.826. The maximum atomic E-state index is 10.7. The molecule has 0 aliphatic rings. The summed E-state index contributed by atoms with van der Waals surface area (Å²) >= 11 is 0. The molecule has 0 amide bonds. The Morgan fingerprint density at radius 1 is 1.11 bits per heavy atom. The Bertz CT molecular complexity index is 532. The maximum absolute atomic E-state index is 10.7. The van der Waals surface area contributed by atoms with Crippen LogP contribution >= 0.6 is 0 Å². The number of aryl methyl sites for hydroxylation is 1. The highest BCUT2D eigenvalue weighted by molar-refractivity contribution is 5.75. The van der Waals surface area contributed by atoms with Crippen LogP contribution in [0.25, 0.3) is 0 Å². The molecule has 18 heavy (non-hydrogen) atoms. The maximum Gasteiger partial charge on any atom is 0.150 e. The molecule has 0 bridgehead atoms. The van der Waals surface area contributed by atoms with Crippen LogP contribution in [0.4, 0.5) is 0 Å². The molecule has 1 unspecified atom stereocenters. The first-order chi connectivity index (χ1) is 8.70. The lowest BCUT2D eigenvalue weighted by Gasteiger charge is -2.17. The summed E-state index contributed by atoms with van der Waals surface area (Å²) in [4.78, 5) is 10.7. The van der Waals surface area contributed by atoms with Crippen molar-refractivity contribution in [3.05, 3.63) is 65.2 Å². The van der Waals surface area contributed by atoms with Crippen molar-refractivity contribution in [2.45, 2.75) is 20.0 Å². The van der Waals surface area contributed by atoms with E-state index in [1.165, 1.54) is 0 Å². The van der Waals surface area contributed by atoms with Gasteiger partial charge in [-0.1, -0.05) is 30.3 Å².